The molecule has 0 aromatic carbocycles. The third-order valence-corrected chi connectivity index (χ3v) is 23.4. The number of aliphatic carboxylic acids is 1. The van der Waals surface area contributed by atoms with Gasteiger partial charge in [0.25, 0.3) is 5.91 Å². The van der Waals surface area contributed by atoms with Crippen molar-refractivity contribution in [2.24, 2.45) is 51.8 Å². The van der Waals surface area contributed by atoms with E-state index in [2.05, 4.69) is 84.0 Å². The zero-order chi connectivity index (χ0) is 63.9. The molecule has 15 rings (SSSR count). The molecule has 6 saturated heterocycles. The zero-order valence-corrected chi connectivity index (χ0v) is 56.5. The number of nitrogens with one attached hydrogen (secondary N) is 3. The van der Waals surface area contributed by atoms with Gasteiger partial charge >= 0.3 is 39.5 Å². The van der Waals surface area contributed by atoms with Crippen LogP contribution >= 0.6 is 0 Å². The maximum atomic E-state index is 13.4. The van der Waals surface area contributed by atoms with Crippen LogP contribution in [0.25, 0.3) is 0 Å². The summed E-state index contributed by atoms with van der Waals surface area (Å²) in [5, 5.41) is 17.2. The highest BCUT2D eigenvalue weighted by Crippen LogP contribution is 2.67. The number of ether oxygens (including phenoxy) is 2. The fourth-order valence-corrected chi connectivity index (χ4v) is 17.6. The van der Waals surface area contributed by atoms with Gasteiger partial charge in [0.05, 0.1) is 47.0 Å². The molecule has 0 aromatic rings. The second kappa shape index (κ2) is 25.0. The van der Waals surface area contributed by atoms with E-state index in [4.69, 9.17) is 42.5 Å². The summed E-state index contributed by atoms with van der Waals surface area (Å²) < 4.78 is 49.0. The van der Waals surface area contributed by atoms with Crippen LogP contribution in [0.4, 0.5) is 9.59 Å². The SMILES string of the molecule is CC1(C)C2CC1C1OB(C3CCCN3)O[C@@]1(C)C2.CCC(NC(=O)OC(C)(C)C)C(=O)N1CCCC1B1OC2C3CC(C[C@]2(C)O1)C3(C)C.CCC(NC(=O)OC(C)(C)C)C(=O)O.CCC([NH3+])C(=O)N1CCCC1B1OC2C3CC(C[C@]2(C)O1)C3(C)C. The van der Waals surface area contributed by atoms with E-state index in [0.717, 1.165) is 69.9 Å². The molecular formula is C64H112B3N6O14+. The molecule has 23 heteroatoms. The van der Waals surface area contributed by atoms with E-state index in [0.29, 0.717) is 71.3 Å². The Balaban J connectivity index is 0.000000144. The molecule has 490 valence electrons. The molecule has 18 atom stereocenters. The first-order valence-corrected chi connectivity index (χ1v) is 33.8. The first-order valence-electron chi connectivity index (χ1n) is 33.8. The topological polar surface area (TPSA) is 250 Å². The average Bonchev–Trinajstić information content (AvgIpc) is 1.69. The number of rotatable bonds is 11. The van der Waals surface area contributed by atoms with E-state index in [1.54, 1.807) is 27.7 Å². The number of nitrogens with zero attached hydrogens (tertiary/aromatic N) is 2. The van der Waals surface area contributed by atoms with Crippen molar-refractivity contribution in [2.45, 2.75) is 303 Å². The van der Waals surface area contributed by atoms with Crippen LogP contribution in [-0.2, 0) is 51.8 Å². The molecule has 9 aliphatic carbocycles. The van der Waals surface area contributed by atoms with Gasteiger partial charge in [-0.25, -0.2) is 14.4 Å². The summed E-state index contributed by atoms with van der Waals surface area (Å²) in [7, 11) is -0.654. The Morgan fingerprint density at radius 1 is 0.575 bits per heavy atom. The number of quaternary nitrogens is 1. The van der Waals surface area contributed by atoms with Crippen molar-refractivity contribution in [3.63, 3.8) is 0 Å². The lowest BCUT2D eigenvalue weighted by Gasteiger charge is -2.63. The van der Waals surface area contributed by atoms with Gasteiger partial charge in [-0.1, -0.05) is 62.3 Å². The van der Waals surface area contributed by atoms with Gasteiger partial charge in [0.15, 0.2) is 6.04 Å². The Kier molecular flexibility index (Phi) is 19.6. The second-order valence-corrected chi connectivity index (χ2v) is 32.6. The van der Waals surface area contributed by atoms with Crippen molar-refractivity contribution >= 4 is 51.3 Å². The molecular weight excluding hydrogens is 1110 g/mol. The molecule has 15 aliphatic rings. The van der Waals surface area contributed by atoms with Gasteiger partial charge < -0.3 is 74.0 Å². The number of carbonyl (C=O) groups is 5. The van der Waals surface area contributed by atoms with Crippen molar-refractivity contribution in [3.05, 3.63) is 0 Å². The Bertz CT molecular complexity index is 2510. The van der Waals surface area contributed by atoms with Crippen molar-refractivity contribution in [1.82, 2.24) is 25.8 Å². The molecule has 15 fully saturated rings. The number of likely N-dealkylation sites (tertiary alicyclic amines) is 2. The largest absolute Gasteiger partial charge is 0.481 e. The highest BCUT2D eigenvalue weighted by Gasteiger charge is 2.71. The monoisotopic (exact) mass is 1220 g/mol. The van der Waals surface area contributed by atoms with E-state index < -0.39 is 48.6 Å². The maximum absolute atomic E-state index is 13.4. The van der Waals surface area contributed by atoms with Crippen LogP contribution in [0.15, 0.2) is 0 Å². The van der Waals surface area contributed by atoms with Crippen molar-refractivity contribution in [3.8, 4) is 0 Å². The molecule has 15 unspecified atom stereocenters. The lowest BCUT2D eigenvalue weighted by atomic mass is 9.45. The Labute approximate surface area is 521 Å². The molecule has 20 nitrogen and oxygen atoms in total. The van der Waals surface area contributed by atoms with Gasteiger partial charge in [0.2, 0.25) is 5.91 Å². The molecule has 9 saturated carbocycles. The molecule has 0 radical (unpaired) electrons. The number of carboxylic acid groups (broad SMARTS) is 1. The summed E-state index contributed by atoms with van der Waals surface area (Å²) in [5.74, 6) is 3.49. The number of carbonyl (C=O) groups excluding carboxylic acids is 4. The van der Waals surface area contributed by atoms with Gasteiger partial charge in [-0.05, 0) is 211 Å². The molecule has 0 aromatic heterocycles. The molecule has 87 heavy (non-hydrogen) atoms. The normalized spacial score (nSPS) is 38.5. The smallest absolute Gasteiger partial charge is 0.480 e. The Hall–Kier alpha value is -3.18. The van der Waals surface area contributed by atoms with Gasteiger partial charge in [0, 0.05) is 25.5 Å². The lowest BCUT2D eigenvalue weighted by molar-refractivity contribution is -0.406. The molecule has 6 aliphatic heterocycles. The highest BCUT2D eigenvalue weighted by molar-refractivity contribution is 6.48. The molecule has 7 N–H and O–H groups in total. The van der Waals surface area contributed by atoms with Crippen LogP contribution in [0.3, 0.4) is 0 Å². The predicted molar refractivity (Wildman–Crippen MR) is 332 cm³/mol. The summed E-state index contributed by atoms with van der Waals surface area (Å²) in [6, 6.07) is -1.65. The number of alkyl carbamates (subject to hydrolysis) is 2. The van der Waals surface area contributed by atoms with E-state index in [1.165, 1.54) is 38.5 Å². The van der Waals surface area contributed by atoms with Gasteiger partial charge in [-0.15, -0.1) is 0 Å². The minimum absolute atomic E-state index is 0.00218. The van der Waals surface area contributed by atoms with E-state index in [9.17, 15) is 24.0 Å². The zero-order valence-electron chi connectivity index (χ0n) is 56.5. The third kappa shape index (κ3) is 13.6. The molecule has 6 heterocycles. The number of carboxylic acids is 1. The number of hydrogen-bond donors (Lipinski definition) is 5. The van der Waals surface area contributed by atoms with Gasteiger partial charge in [0.1, 0.15) is 23.3 Å². The van der Waals surface area contributed by atoms with Crippen LogP contribution in [0.2, 0.25) is 0 Å². The molecule has 4 amide bonds. The lowest BCUT2D eigenvalue weighted by Crippen LogP contribution is -2.68. The summed E-state index contributed by atoms with van der Waals surface area (Å²) in [4.78, 5) is 63.8. The summed E-state index contributed by atoms with van der Waals surface area (Å²) in [6.45, 7) is 39.8. The highest BCUT2D eigenvalue weighted by atomic mass is 16.7. The van der Waals surface area contributed by atoms with E-state index in [-0.39, 0.29) is 73.0 Å². The third-order valence-electron chi connectivity index (χ3n) is 23.4. The first kappa shape index (κ1) is 68.2. The standard InChI is InChI=1S/C23H39BN2O5.C18H31BN2O3.C14H24BNO2.C9H17NO4/c1-8-16(25-20(28)29-21(2,3)4)19(27)26-11-9-10-17(26)24-30-18-15-12-14(22(15,5)6)13-23(18,7)31-24;1-5-13(20)16(22)21-8-6-7-14(21)19-23-15-12-9-11(17(12,2)3)10-18(15,4)24-19;1-13(2)9-7-10(13)12-14(3,8-9)18-15(17-12)11-5-4-6-16-11;1-5-6(7(11)12)10-8(13)14-9(2,3)4/h14-18H,8-13H2,1-7H3,(H,25,28);11-15H,5-10,20H2,1-4H3;9-12,16H,4-8H2,1-3H3;6H,5H2,1-4H3,(H,10,13)(H,11,12)/p+1/t14?,15?,16?,17?,18?,23-;11?,12?,13?,14?,15?,18-;9?,10?,11?,12?,14-;/m000./s1. The van der Waals surface area contributed by atoms with Gasteiger partial charge in [-0.2, -0.15) is 0 Å². The number of amides is 4. The minimum Gasteiger partial charge on any atom is -0.480 e. The summed E-state index contributed by atoms with van der Waals surface area (Å²) in [6.07, 6.45) is 14.3. The molecule has 0 spiro atoms. The van der Waals surface area contributed by atoms with Gasteiger partial charge in [-0.3, -0.25) is 9.59 Å². The number of hydrogen-bond acceptors (Lipinski definition) is 14. The van der Waals surface area contributed by atoms with Crippen LogP contribution in [0.1, 0.15) is 221 Å². The van der Waals surface area contributed by atoms with Crippen LogP contribution in [0.5, 0.6) is 0 Å². The van der Waals surface area contributed by atoms with E-state index in [1.807, 2.05) is 44.4 Å². The Morgan fingerprint density at radius 2 is 0.954 bits per heavy atom. The van der Waals surface area contributed by atoms with Crippen LogP contribution < -0.4 is 21.7 Å². The Morgan fingerprint density at radius 3 is 1.30 bits per heavy atom. The van der Waals surface area contributed by atoms with Crippen molar-refractivity contribution in [2.75, 3.05) is 19.6 Å². The summed E-state index contributed by atoms with van der Waals surface area (Å²) >= 11 is 0. The van der Waals surface area contributed by atoms with Crippen LogP contribution in [-0.4, -0.2) is 168 Å². The quantitative estimate of drug-likeness (QED) is 0.122. The van der Waals surface area contributed by atoms with Crippen LogP contribution in [0, 0.1) is 51.8 Å². The second-order valence-electron chi connectivity index (χ2n) is 32.6. The molecule has 6 bridgehead atoms. The predicted octanol–water partition coefficient (Wildman–Crippen LogP) is 8.19. The fourth-order valence-electron chi connectivity index (χ4n) is 17.6. The average molecular weight is 1220 g/mol. The fraction of sp³-hybridized carbons (Fsp3) is 0.922. The van der Waals surface area contributed by atoms with E-state index >= 15 is 0 Å². The first-order chi connectivity index (χ1) is 40.4. The minimum atomic E-state index is -1.06. The van der Waals surface area contributed by atoms with Crippen molar-refractivity contribution < 1.29 is 72.2 Å². The summed E-state index contributed by atoms with van der Waals surface area (Å²) in [5.41, 5.74) is 3.49. The maximum Gasteiger partial charge on any atom is 0.481 e. The van der Waals surface area contributed by atoms with Crippen molar-refractivity contribution in [1.29, 1.82) is 0 Å².